The molecule has 2 amide bonds. The fourth-order valence-electron chi connectivity index (χ4n) is 3.26. The minimum Gasteiger partial charge on any atom is -0.352 e. The van der Waals surface area contributed by atoms with Crippen molar-refractivity contribution in [3.05, 3.63) is 0 Å². The third-order valence-corrected chi connectivity index (χ3v) is 4.80. The lowest BCUT2D eigenvalue weighted by Crippen LogP contribution is -2.53. The van der Waals surface area contributed by atoms with Crippen LogP contribution in [0.4, 0.5) is 0 Å². The Balaban J connectivity index is 0.00000264. The largest absolute Gasteiger partial charge is 0.352 e. The lowest BCUT2D eigenvalue weighted by Gasteiger charge is -2.35. The number of amides is 2. The first kappa shape index (κ1) is 23.4. The number of carbonyl (C=O) groups is 2. The van der Waals surface area contributed by atoms with Gasteiger partial charge in [0.05, 0.1) is 6.54 Å². The van der Waals surface area contributed by atoms with E-state index in [0.29, 0.717) is 32.2 Å². The summed E-state index contributed by atoms with van der Waals surface area (Å²) in [6.45, 7) is 5.63. The van der Waals surface area contributed by atoms with Crippen LogP contribution in [0.25, 0.3) is 0 Å². The molecule has 0 bridgehead atoms. The summed E-state index contributed by atoms with van der Waals surface area (Å²) >= 11 is 0. The maximum atomic E-state index is 12.1. The number of piperazine rings is 1. The highest BCUT2D eigenvalue weighted by atomic mass is 35.5. The summed E-state index contributed by atoms with van der Waals surface area (Å²) in [7, 11) is 0. The molecular weight excluding hydrogens is 351 g/mol. The fourth-order valence-corrected chi connectivity index (χ4v) is 3.26. The van der Waals surface area contributed by atoms with Gasteiger partial charge in [-0.05, 0) is 12.8 Å². The topological polar surface area (TPSA) is 78.7 Å². The molecule has 6 nitrogen and oxygen atoms in total. The van der Waals surface area contributed by atoms with Gasteiger partial charge in [-0.1, -0.05) is 26.2 Å². The lowest BCUT2D eigenvalue weighted by atomic mass is 9.95. The third-order valence-electron chi connectivity index (χ3n) is 4.80. The van der Waals surface area contributed by atoms with E-state index < -0.39 is 0 Å². The molecule has 1 unspecified atom stereocenters. The minimum atomic E-state index is -0.110. The number of hydrogen-bond donors (Lipinski definition) is 2. The zero-order valence-corrected chi connectivity index (χ0v) is 16.2. The van der Waals surface area contributed by atoms with Crippen molar-refractivity contribution in [3.63, 3.8) is 0 Å². The number of carbonyl (C=O) groups excluding carboxylic acids is 2. The monoisotopic (exact) mass is 382 g/mol. The Morgan fingerprint density at radius 3 is 2.21 bits per heavy atom. The van der Waals surface area contributed by atoms with Gasteiger partial charge in [-0.25, -0.2) is 0 Å². The zero-order chi connectivity index (χ0) is 15.9. The zero-order valence-electron chi connectivity index (χ0n) is 14.5. The second kappa shape index (κ2) is 11.9. The smallest absolute Gasteiger partial charge is 0.234 e. The van der Waals surface area contributed by atoms with Crippen molar-refractivity contribution in [2.45, 2.75) is 45.1 Å². The number of hydrogen-bond acceptors (Lipinski definition) is 4. The molecule has 1 atom stereocenters. The summed E-state index contributed by atoms with van der Waals surface area (Å²) in [5.74, 6) is 0.150. The van der Waals surface area contributed by atoms with Crippen LogP contribution in [0.2, 0.25) is 0 Å². The fraction of sp³-hybridized carbons (Fsp3) is 0.875. The second-order valence-electron chi connectivity index (χ2n) is 6.64. The standard InChI is InChI=1S/C16H30N4O2.2ClH/c1-13(11-17)16(22)20-9-7-19(8-10-20)12-15(21)18-14-5-3-2-4-6-14;;/h13-14H,2-12,17H2,1H3,(H,18,21);2*1H. The van der Waals surface area contributed by atoms with E-state index in [9.17, 15) is 9.59 Å². The molecule has 142 valence electrons. The Morgan fingerprint density at radius 1 is 1.08 bits per heavy atom. The van der Waals surface area contributed by atoms with E-state index in [1.165, 1.54) is 19.3 Å². The molecule has 1 aliphatic heterocycles. The van der Waals surface area contributed by atoms with Gasteiger partial charge in [0.2, 0.25) is 11.8 Å². The molecule has 0 spiro atoms. The molecule has 0 radical (unpaired) electrons. The number of rotatable bonds is 5. The number of nitrogens with one attached hydrogen (secondary N) is 1. The van der Waals surface area contributed by atoms with Crippen LogP contribution >= 0.6 is 24.8 Å². The van der Waals surface area contributed by atoms with Crippen LogP contribution in [-0.4, -0.2) is 66.9 Å². The third kappa shape index (κ3) is 7.13. The van der Waals surface area contributed by atoms with Crippen LogP contribution < -0.4 is 11.1 Å². The van der Waals surface area contributed by atoms with E-state index in [4.69, 9.17) is 5.73 Å². The Kier molecular flexibility index (Phi) is 11.6. The summed E-state index contributed by atoms with van der Waals surface area (Å²) in [5.41, 5.74) is 5.55. The van der Waals surface area contributed by atoms with E-state index >= 15 is 0 Å². The molecule has 8 heteroatoms. The Labute approximate surface area is 157 Å². The minimum absolute atomic E-state index is 0. The van der Waals surface area contributed by atoms with E-state index in [-0.39, 0.29) is 42.5 Å². The highest BCUT2D eigenvalue weighted by Crippen LogP contribution is 2.17. The molecule has 2 rings (SSSR count). The first-order chi connectivity index (χ1) is 10.6. The highest BCUT2D eigenvalue weighted by molar-refractivity contribution is 5.85. The van der Waals surface area contributed by atoms with Crippen molar-refractivity contribution in [1.29, 1.82) is 0 Å². The Morgan fingerprint density at radius 2 is 1.67 bits per heavy atom. The molecule has 1 aliphatic carbocycles. The summed E-state index contributed by atoms with van der Waals surface area (Å²) in [6.07, 6.45) is 5.98. The molecule has 3 N–H and O–H groups in total. The maximum Gasteiger partial charge on any atom is 0.234 e. The summed E-state index contributed by atoms with van der Waals surface area (Å²) in [5, 5.41) is 3.15. The first-order valence-electron chi connectivity index (χ1n) is 8.60. The van der Waals surface area contributed by atoms with E-state index in [1.807, 2.05) is 11.8 Å². The average Bonchev–Trinajstić information content (AvgIpc) is 2.55. The maximum absolute atomic E-state index is 12.1. The molecular formula is C16H32Cl2N4O2. The first-order valence-corrected chi connectivity index (χ1v) is 8.60. The van der Waals surface area contributed by atoms with Crippen LogP contribution in [-0.2, 0) is 9.59 Å². The average molecular weight is 383 g/mol. The molecule has 2 aliphatic rings. The van der Waals surface area contributed by atoms with Crippen LogP contribution in [0.1, 0.15) is 39.0 Å². The summed E-state index contributed by atoms with van der Waals surface area (Å²) < 4.78 is 0. The lowest BCUT2D eigenvalue weighted by molar-refractivity contribution is -0.136. The van der Waals surface area contributed by atoms with Crippen LogP contribution in [0.3, 0.4) is 0 Å². The van der Waals surface area contributed by atoms with Crippen LogP contribution in [0, 0.1) is 5.92 Å². The van der Waals surface area contributed by atoms with E-state index in [2.05, 4.69) is 10.2 Å². The summed E-state index contributed by atoms with van der Waals surface area (Å²) in [6, 6.07) is 0.370. The molecule has 1 heterocycles. The van der Waals surface area contributed by atoms with Crippen molar-refractivity contribution in [3.8, 4) is 0 Å². The van der Waals surface area contributed by atoms with E-state index in [0.717, 1.165) is 25.9 Å². The Hall–Kier alpha value is -0.560. The SMILES string of the molecule is CC(CN)C(=O)N1CCN(CC(=O)NC2CCCCC2)CC1.Cl.Cl. The van der Waals surface area contributed by atoms with Gasteiger partial charge in [-0.2, -0.15) is 0 Å². The molecule has 2 fully saturated rings. The normalized spacial score (nSPS) is 20.5. The second-order valence-corrected chi connectivity index (χ2v) is 6.64. The van der Waals surface area contributed by atoms with Crippen molar-refractivity contribution in [2.24, 2.45) is 11.7 Å². The molecule has 24 heavy (non-hydrogen) atoms. The molecule has 0 aromatic heterocycles. The van der Waals surface area contributed by atoms with Crippen LogP contribution in [0.5, 0.6) is 0 Å². The molecule has 1 saturated heterocycles. The highest BCUT2D eigenvalue weighted by Gasteiger charge is 2.25. The molecule has 1 saturated carbocycles. The van der Waals surface area contributed by atoms with Gasteiger partial charge in [0.1, 0.15) is 0 Å². The predicted octanol–water partition coefficient (Wildman–Crippen LogP) is 1.02. The van der Waals surface area contributed by atoms with Crippen molar-refractivity contribution < 1.29 is 9.59 Å². The van der Waals surface area contributed by atoms with Crippen molar-refractivity contribution >= 4 is 36.6 Å². The van der Waals surface area contributed by atoms with Gasteiger partial charge in [-0.3, -0.25) is 14.5 Å². The van der Waals surface area contributed by atoms with Crippen molar-refractivity contribution in [2.75, 3.05) is 39.3 Å². The Bertz CT molecular complexity index is 384. The van der Waals surface area contributed by atoms with Gasteiger partial charge in [-0.15, -0.1) is 24.8 Å². The molecule has 0 aromatic carbocycles. The number of nitrogens with two attached hydrogens (primary N) is 1. The van der Waals surface area contributed by atoms with Gasteiger partial charge >= 0.3 is 0 Å². The van der Waals surface area contributed by atoms with Crippen LogP contribution in [0.15, 0.2) is 0 Å². The van der Waals surface area contributed by atoms with Crippen molar-refractivity contribution in [1.82, 2.24) is 15.1 Å². The van der Waals surface area contributed by atoms with Gasteiger partial charge < -0.3 is 16.0 Å². The van der Waals surface area contributed by atoms with E-state index in [1.54, 1.807) is 0 Å². The van der Waals surface area contributed by atoms with Gasteiger partial charge in [0.15, 0.2) is 0 Å². The van der Waals surface area contributed by atoms with Gasteiger partial charge in [0.25, 0.3) is 0 Å². The quantitative estimate of drug-likeness (QED) is 0.743. The number of nitrogens with zero attached hydrogens (tertiary/aromatic N) is 2. The number of halogens is 2. The predicted molar refractivity (Wildman–Crippen MR) is 101 cm³/mol. The summed E-state index contributed by atoms with van der Waals surface area (Å²) in [4.78, 5) is 28.2. The molecule has 0 aromatic rings. The van der Waals surface area contributed by atoms with Gasteiger partial charge in [0, 0.05) is 44.7 Å².